The average Bonchev–Trinajstić information content (AvgIpc) is 2.58. The first-order chi connectivity index (χ1) is 13.5. The van der Waals surface area contributed by atoms with Crippen molar-refractivity contribution < 1.29 is 75.4 Å². The van der Waals surface area contributed by atoms with Crippen LogP contribution in [-0.4, -0.2) is 11.8 Å². The fourth-order valence-electron chi connectivity index (χ4n) is 3.48. The Balaban J connectivity index is 2.46. The minimum atomic E-state index is -4.08. The third kappa shape index (κ3) is 8.63. The predicted octanol–water partition coefficient (Wildman–Crippen LogP) is 5.00. The second-order valence-corrected chi connectivity index (χ2v) is 116. The van der Waals surface area contributed by atoms with Crippen molar-refractivity contribution in [3.05, 3.63) is 35.9 Å². The number of hydrogen-bond acceptors (Lipinski definition) is 2. The fraction of sp³-hybridized carbons (Fsp3) is 0.529. The van der Waals surface area contributed by atoms with Crippen LogP contribution >= 0.6 is 18.6 Å². The quantitative estimate of drug-likeness (QED) is 0.389. The molecule has 2 amide bonds. The van der Waals surface area contributed by atoms with Crippen molar-refractivity contribution >= 4 is 30.4 Å². The topological polar surface area (TPSA) is 58.2 Å². The second kappa shape index (κ2) is 12.1. The zero-order valence-corrected chi connectivity index (χ0v) is 28.4. The summed E-state index contributed by atoms with van der Waals surface area (Å²) in [6.07, 6.45) is 2.78. The molecule has 0 aromatic heterocycles. The minimum absolute atomic E-state index is 0.0637. The molecule has 2 rings (SSSR count). The van der Waals surface area contributed by atoms with Crippen molar-refractivity contribution in [1.29, 1.82) is 0 Å². The van der Waals surface area contributed by atoms with Gasteiger partial charge in [-0.1, -0.05) is 0 Å². The normalized spacial score (nSPS) is 20.4. The maximum atomic E-state index is 12.7. The zero-order valence-electron chi connectivity index (χ0n) is 17.5. The van der Waals surface area contributed by atoms with Crippen molar-refractivity contribution in [3.8, 4) is 0 Å². The van der Waals surface area contributed by atoms with Gasteiger partial charge in [0.2, 0.25) is 0 Å². The molecule has 1 saturated heterocycles. The van der Waals surface area contributed by atoms with Crippen LogP contribution in [-0.2, 0) is 80.2 Å². The molecule has 1 aromatic rings. The zero-order chi connectivity index (χ0) is 21.7. The first-order valence-corrected chi connectivity index (χ1v) is 44.1. The summed E-state index contributed by atoms with van der Waals surface area (Å²) in [6, 6.07) is 10.5. The van der Waals surface area contributed by atoms with Gasteiger partial charge in [-0.15, -0.1) is 0 Å². The summed E-state index contributed by atoms with van der Waals surface area (Å²) in [7, 11) is 9.16. The number of carbonyl (C=O) groups is 2. The summed E-state index contributed by atoms with van der Waals surface area (Å²) in [4.78, 5) is 25.4. The Hall–Kier alpha value is 3.03. The second-order valence-electron chi connectivity index (χ2n) is 8.00. The molecule has 2 N–H and O–H groups in total. The molecule has 1 heterocycles. The molecule has 29 heavy (non-hydrogen) atoms. The Morgan fingerprint density at radius 2 is 1.66 bits per heavy atom. The van der Waals surface area contributed by atoms with E-state index in [0.29, 0.717) is 12.8 Å². The Labute approximate surface area is 200 Å². The molecule has 1 aliphatic rings. The van der Waals surface area contributed by atoms with Crippen molar-refractivity contribution in [2.45, 2.75) is 54.7 Å². The van der Waals surface area contributed by atoms with Gasteiger partial charge in [-0.3, -0.25) is 0 Å². The van der Waals surface area contributed by atoms with Gasteiger partial charge in [-0.25, -0.2) is 0 Å². The van der Waals surface area contributed by atoms with Crippen LogP contribution in [0.2, 0.25) is 10.5 Å². The summed E-state index contributed by atoms with van der Waals surface area (Å²) in [5.41, 5.74) is 1.30. The Morgan fingerprint density at radius 1 is 1.07 bits per heavy atom. The van der Waals surface area contributed by atoms with Gasteiger partial charge in [-0.2, -0.15) is 0 Å². The third-order valence-electron chi connectivity index (χ3n) is 4.60. The van der Waals surface area contributed by atoms with Crippen LogP contribution in [0.25, 0.3) is 0 Å². The molecule has 0 saturated carbocycles. The number of halogens is 2. The summed E-state index contributed by atoms with van der Waals surface area (Å²) in [5.74, 6) is 0.278. The molecule has 0 bridgehead atoms. The summed E-state index contributed by atoms with van der Waals surface area (Å²) >= 11 is -4.44. The molecule has 0 spiro atoms. The molecule has 1 aliphatic heterocycles. The van der Waals surface area contributed by atoms with Gasteiger partial charge in [0.1, 0.15) is 0 Å². The van der Waals surface area contributed by atoms with E-state index in [9.17, 15) is 9.59 Å². The van der Waals surface area contributed by atoms with Gasteiger partial charge in [0.25, 0.3) is 0 Å². The predicted molar refractivity (Wildman–Crippen MR) is 99.7 cm³/mol. The number of carbonyl (C=O) groups excluding carboxylic acids is 2. The Morgan fingerprint density at radius 3 is 2.24 bits per heavy atom. The van der Waals surface area contributed by atoms with Crippen LogP contribution < -0.4 is 7.60 Å². The van der Waals surface area contributed by atoms with Gasteiger partial charge < -0.3 is 0 Å². The van der Waals surface area contributed by atoms with E-state index in [0.717, 1.165) is 17.6 Å². The molecule has 0 unspecified atom stereocenters. The number of nitrogens with one attached hydrogen (secondary N) is 2. The van der Waals surface area contributed by atoms with Gasteiger partial charge >= 0.3 is 204 Å². The Bertz CT molecular complexity index is 738. The number of rotatable bonds is 8. The van der Waals surface area contributed by atoms with Crippen molar-refractivity contribution in [1.82, 2.24) is 7.60 Å². The van der Waals surface area contributed by atoms with Crippen LogP contribution in [0, 0.1) is 0 Å². The first-order valence-electron chi connectivity index (χ1n) is 10.0. The van der Waals surface area contributed by atoms with Crippen LogP contribution in [0.5, 0.6) is 0 Å². The first kappa shape index (κ1) is 28.3. The number of benzene rings is 1. The van der Waals surface area contributed by atoms with Gasteiger partial charge in [0, 0.05) is 0 Å². The number of hydrogen-bond donors (Lipinski definition) is 2. The van der Waals surface area contributed by atoms with E-state index < -0.39 is 53.1 Å². The maximum absolute atomic E-state index is 12.7. The molecule has 1 fully saturated rings. The SMILES string of the molecule is CCCC(=O)[NH][Ti]1[Ti][Ti]([CH3])([CH3])[Ti][Ti]([Cl])([Cl])([NH]C(=O)CCC)[Ti]1[CH2]c1ccccc1. The van der Waals surface area contributed by atoms with E-state index in [1.165, 1.54) is 5.56 Å². The van der Waals surface area contributed by atoms with E-state index in [2.05, 4.69) is 49.2 Å². The monoisotopic (exact) mass is 651 g/mol. The van der Waals surface area contributed by atoms with Crippen LogP contribution in [0.4, 0.5) is 0 Å². The van der Waals surface area contributed by atoms with Crippen LogP contribution in [0.1, 0.15) is 45.1 Å². The van der Waals surface area contributed by atoms with Gasteiger partial charge in [0.15, 0.2) is 0 Å². The van der Waals surface area contributed by atoms with Crippen molar-refractivity contribution in [2.75, 3.05) is 0 Å². The molecule has 0 atom stereocenters. The molecule has 1 aromatic carbocycles. The van der Waals surface area contributed by atoms with E-state index in [1.807, 2.05) is 13.0 Å². The molecule has 0 aliphatic carbocycles. The molecule has 0 radical (unpaired) electrons. The van der Waals surface area contributed by atoms with Crippen molar-refractivity contribution in [2.24, 2.45) is 0 Å². The summed E-state index contributed by atoms with van der Waals surface area (Å²) < 4.78 is 7.96. The average molecular weight is 652 g/mol. The van der Waals surface area contributed by atoms with E-state index in [4.69, 9.17) is 18.6 Å². The van der Waals surface area contributed by atoms with E-state index in [1.54, 1.807) is 0 Å². The number of amides is 2. The van der Waals surface area contributed by atoms with Gasteiger partial charge in [-0.05, 0) is 0 Å². The van der Waals surface area contributed by atoms with Gasteiger partial charge in [0.05, 0.1) is 0 Å². The van der Waals surface area contributed by atoms with E-state index in [-0.39, 0.29) is 24.6 Å². The molecular formula is C17H29Cl2N2O2Ti6. The fourth-order valence-corrected chi connectivity index (χ4v) is 541. The standard InChI is InChI=1S/C7H7.2C4H9NO.2CH3.2ClH.6Ti/c1-7-5-3-2-4-6-7;2*1-2-3-4(5)6;;;;;;;;;;/h2-6H,1H2;2*2-3H2,1H3,(H2,5,6);2*1H3;2*1H;;;;;;/q;;;;;;;;;;;+1;+3/p-4. The van der Waals surface area contributed by atoms with Crippen molar-refractivity contribution in [3.63, 3.8) is 0 Å². The van der Waals surface area contributed by atoms with Crippen LogP contribution in [0.3, 0.4) is 0 Å². The molecule has 12 heteroatoms. The van der Waals surface area contributed by atoms with E-state index >= 15 is 0 Å². The van der Waals surface area contributed by atoms with Crippen LogP contribution in [0.15, 0.2) is 30.3 Å². The molecule has 4 nitrogen and oxygen atoms in total. The third-order valence-corrected chi connectivity index (χ3v) is 235. The summed E-state index contributed by atoms with van der Waals surface area (Å²) in [5, 5.41) is 4.99. The molecular weight excluding hydrogens is 622 g/mol. The Kier molecular flexibility index (Phi) is 11.8. The summed E-state index contributed by atoms with van der Waals surface area (Å²) in [6.45, 7) is 4.07. The molecule has 157 valence electrons.